The molecule has 0 bridgehead atoms. The standard InChI is InChI=1S/C31H32FN9O2/c1-40(2)9-11-42-22-14-19(13-21(32)16-22)27-28-25(7-8-34-27)36-31(37-28)30-29-26(38-39-30)6-5-24(35-29)20-15-23(18-33-17-20)43-12-10-41(3)4/h5-8,13-18H,9-12H2,1-4H3,(H,36,37)(H,38,39). The van der Waals surface area contributed by atoms with Gasteiger partial charge in [0.25, 0.3) is 0 Å². The van der Waals surface area contributed by atoms with Gasteiger partial charge < -0.3 is 24.3 Å². The van der Waals surface area contributed by atoms with Gasteiger partial charge in [-0.15, -0.1) is 0 Å². The summed E-state index contributed by atoms with van der Waals surface area (Å²) in [6, 6.07) is 12.2. The predicted octanol–water partition coefficient (Wildman–Crippen LogP) is 4.65. The molecule has 12 heteroatoms. The predicted molar refractivity (Wildman–Crippen MR) is 163 cm³/mol. The fourth-order valence-corrected chi connectivity index (χ4v) is 4.60. The molecule has 0 fully saturated rings. The summed E-state index contributed by atoms with van der Waals surface area (Å²) in [5.41, 5.74) is 5.92. The van der Waals surface area contributed by atoms with Crippen LogP contribution in [0.25, 0.3) is 56.1 Å². The van der Waals surface area contributed by atoms with Crippen LogP contribution in [0.1, 0.15) is 0 Å². The van der Waals surface area contributed by atoms with Crippen molar-refractivity contribution >= 4 is 22.1 Å². The van der Waals surface area contributed by atoms with Crippen molar-refractivity contribution < 1.29 is 13.9 Å². The third-order valence-electron chi connectivity index (χ3n) is 6.80. The number of pyridine rings is 3. The number of nitrogens with one attached hydrogen (secondary N) is 2. The molecule has 0 unspecified atom stereocenters. The van der Waals surface area contributed by atoms with Gasteiger partial charge in [-0.1, -0.05) is 0 Å². The third kappa shape index (κ3) is 6.30. The van der Waals surface area contributed by atoms with Crippen LogP contribution in [0.3, 0.4) is 0 Å². The van der Waals surface area contributed by atoms with Crippen LogP contribution < -0.4 is 9.47 Å². The first-order valence-corrected chi connectivity index (χ1v) is 13.9. The maximum atomic E-state index is 14.6. The smallest absolute Gasteiger partial charge is 0.161 e. The first-order valence-electron chi connectivity index (χ1n) is 13.9. The van der Waals surface area contributed by atoms with Gasteiger partial charge in [-0.25, -0.2) is 14.4 Å². The summed E-state index contributed by atoms with van der Waals surface area (Å²) in [5, 5.41) is 7.56. The van der Waals surface area contributed by atoms with Gasteiger partial charge >= 0.3 is 0 Å². The van der Waals surface area contributed by atoms with Crippen LogP contribution in [-0.4, -0.2) is 99.4 Å². The summed E-state index contributed by atoms with van der Waals surface area (Å²) in [4.78, 5) is 26.0. The summed E-state index contributed by atoms with van der Waals surface area (Å²) in [5.74, 6) is 1.21. The lowest BCUT2D eigenvalue weighted by Crippen LogP contribution is -2.19. The van der Waals surface area contributed by atoms with E-state index in [1.165, 1.54) is 12.1 Å². The van der Waals surface area contributed by atoms with Crippen LogP contribution >= 0.6 is 0 Å². The minimum Gasteiger partial charge on any atom is -0.492 e. The lowest BCUT2D eigenvalue weighted by molar-refractivity contribution is 0.260. The van der Waals surface area contributed by atoms with Crippen molar-refractivity contribution in [2.24, 2.45) is 0 Å². The van der Waals surface area contributed by atoms with Crippen LogP contribution in [0.4, 0.5) is 4.39 Å². The molecule has 43 heavy (non-hydrogen) atoms. The van der Waals surface area contributed by atoms with Crippen LogP contribution in [-0.2, 0) is 0 Å². The minimum absolute atomic E-state index is 0.413. The number of H-pyrrole nitrogens is 2. The molecule has 1 aromatic carbocycles. The highest BCUT2D eigenvalue weighted by atomic mass is 19.1. The number of rotatable bonds is 11. The Morgan fingerprint density at radius 1 is 0.767 bits per heavy atom. The van der Waals surface area contributed by atoms with Crippen LogP contribution in [0, 0.1) is 5.82 Å². The highest BCUT2D eigenvalue weighted by Crippen LogP contribution is 2.32. The maximum Gasteiger partial charge on any atom is 0.161 e. The van der Waals surface area contributed by atoms with E-state index in [1.807, 2.05) is 57.4 Å². The van der Waals surface area contributed by atoms with E-state index in [2.05, 4.69) is 30.0 Å². The van der Waals surface area contributed by atoms with Gasteiger partial charge in [0.2, 0.25) is 0 Å². The lowest BCUT2D eigenvalue weighted by Gasteiger charge is -2.12. The molecule has 0 radical (unpaired) electrons. The first kappa shape index (κ1) is 28.2. The third-order valence-corrected chi connectivity index (χ3v) is 6.80. The molecule has 0 amide bonds. The molecular formula is C31H32FN9O2. The second-order valence-corrected chi connectivity index (χ2v) is 10.7. The Balaban J connectivity index is 1.33. The zero-order chi connectivity index (χ0) is 29.9. The van der Waals surface area contributed by atoms with Crippen molar-refractivity contribution in [2.45, 2.75) is 0 Å². The lowest BCUT2D eigenvalue weighted by atomic mass is 10.1. The quantitative estimate of drug-likeness (QED) is 0.225. The van der Waals surface area contributed by atoms with Crippen molar-refractivity contribution in [3.63, 3.8) is 0 Å². The number of nitrogens with zero attached hydrogens (tertiary/aromatic N) is 7. The van der Waals surface area contributed by atoms with E-state index in [1.54, 1.807) is 24.7 Å². The molecule has 0 aliphatic heterocycles. The topological polar surface area (TPSA) is 121 Å². The average Bonchev–Trinajstić information content (AvgIpc) is 3.60. The summed E-state index contributed by atoms with van der Waals surface area (Å²) in [6.45, 7) is 2.50. The Morgan fingerprint density at radius 2 is 1.51 bits per heavy atom. The van der Waals surface area contributed by atoms with Crippen molar-refractivity contribution in [1.82, 2.24) is 44.9 Å². The Labute approximate surface area is 247 Å². The minimum atomic E-state index is -0.413. The largest absolute Gasteiger partial charge is 0.492 e. The normalized spacial score (nSPS) is 11.7. The first-order chi connectivity index (χ1) is 20.8. The van der Waals surface area contributed by atoms with E-state index >= 15 is 0 Å². The van der Waals surface area contributed by atoms with E-state index in [0.29, 0.717) is 65.1 Å². The van der Waals surface area contributed by atoms with Crippen LogP contribution in [0.2, 0.25) is 0 Å². The number of aromatic nitrogens is 7. The fraction of sp³-hybridized carbons (Fsp3) is 0.258. The van der Waals surface area contributed by atoms with Gasteiger partial charge in [-0.2, -0.15) is 5.10 Å². The monoisotopic (exact) mass is 581 g/mol. The Morgan fingerprint density at radius 3 is 2.30 bits per heavy atom. The molecule has 220 valence electrons. The zero-order valence-corrected chi connectivity index (χ0v) is 24.4. The molecule has 5 heterocycles. The van der Waals surface area contributed by atoms with Crippen molar-refractivity contribution in [1.29, 1.82) is 0 Å². The number of hydrogen-bond donors (Lipinski definition) is 2. The van der Waals surface area contributed by atoms with Gasteiger partial charge in [0.1, 0.15) is 41.6 Å². The molecule has 2 N–H and O–H groups in total. The molecule has 0 spiro atoms. The van der Waals surface area contributed by atoms with Gasteiger partial charge in [0.05, 0.1) is 28.6 Å². The van der Waals surface area contributed by atoms with Crippen molar-refractivity contribution in [2.75, 3.05) is 54.5 Å². The highest BCUT2D eigenvalue weighted by molar-refractivity contribution is 5.95. The fourth-order valence-electron chi connectivity index (χ4n) is 4.60. The second-order valence-electron chi connectivity index (χ2n) is 10.7. The molecule has 0 aliphatic carbocycles. The summed E-state index contributed by atoms with van der Waals surface area (Å²) < 4.78 is 26.3. The number of imidazole rings is 1. The Hall–Kier alpha value is -4.94. The number of hydrogen-bond acceptors (Lipinski definition) is 9. The van der Waals surface area contributed by atoms with Gasteiger partial charge in [0, 0.05) is 42.7 Å². The molecule has 0 aliphatic rings. The molecule has 11 nitrogen and oxygen atoms in total. The number of fused-ring (bicyclic) bond motifs is 2. The number of ether oxygens (including phenoxy) is 2. The van der Waals surface area contributed by atoms with E-state index in [-0.39, 0.29) is 0 Å². The molecular weight excluding hydrogens is 549 g/mol. The zero-order valence-electron chi connectivity index (χ0n) is 24.4. The molecule has 0 saturated carbocycles. The van der Waals surface area contributed by atoms with Crippen LogP contribution in [0.15, 0.2) is 61.1 Å². The molecule has 5 aromatic heterocycles. The van der Waals surface area contributed by atoms with E-state index in [9.17, 15) is 4.39 Å². The SMILES string of the molecule is CN(C)CCOc1cncc(-c2ccc3[nH]nc(-c4nc5c(-c6cc(F)cc(OCCN(C)C)c6)nccc5[nH]4)c3n2)c1. The number of benzene rings is 1. The summed E-state index contributed by atoms with van der Waals surface area (Å²) in [6.07, 6.45) is 5.11. The Kier molecular flexibility index (Phi) is 7.95. The average molecular weight is 582 g/mol. The molecule has 6 aromatic rings. The van der Waals surface area contributed by atoms with E-state index < -0.39 is 5.82 Å². The van der Waals surface area contributed by atoms with Gasteiger partial charge in [0.15, 0.2) is 11.5 Å². The molecule has 0 atom stereocenters. The van der Waals surface area contributed by atoms with E-state index in [4.69, 9.17) is 19.4 Å². The van der Waals surface area contributed by atoms with Gasteiger partial charge in [-0.3, -0.25) is 15.1 Å². The second kappa shape index (κ2) is 12.1. The van der Waals surface area contributed by atoms with Crippen molar-refractivity contribution in [3.8, 4) is 45.5 Å². The summed E-state index contributed by atoms with van der Waals surface area (Å²) >= 11 is 0. The van der Waals surface area contributed by atoms with Gasteiger partial charge in [-0.05, 0) is 64.6 Å². The Bertz CT molecular complexity index is 1880. The number of halogens is 1. The van der Waals surface area contributed by atoms with Crippen molar-refractivity contribution in [3.05, 3.63) is 66.9 Å². The maximum absolute atomic E-state index is 14.6. The number of aromatic amines is 2. The molecule has 6 rings (SSSR count). The number of likely N-dealkylation sites (N-methyl/N-ethyl adjacent to an activating group) is 2. The molecule has 0 saturated heterocycles. The van der Waals surface area contributed by atoms with Crippen LogP contribution in [0.5, 0.6) is 11.5 Å². The van der Waals surface area contributed by atoms with E-state index in [0.717, 1.165) is 28.8 Å². The highest BCUT2D eigenvalue weighted by Gasteiger charge is 2.18. The summed E-state index contributed by atoms with van der Waals surface area (Å²) in [7, 11) is 7.91.